The number of piperidine rings is 1. The first kappa shape index (κ1) is 11.0. The van der Waals surface area contributed by atoms with E-state index in [0.717, 1.165) is 17.6 Å². The molecule has 2 fully saturated rings. The van der Waals surface area contributed by atoms with Crippen LogP contribution in [-0.4, -0.2) is 40.3 Å². The summed E-state index contributed by atoms with van der Waals surface area (Å²) in [7, 11) is 0. The van der Waals surface area contributed by atoms with Crippen LogP contribution in [-0.2, 0) is 0 Å². The van der Waals surface area contributed by atoms with Gasteiger partial charge in [-0.25, -0.2) is 0 Å². The van der Waals surface area contributed by atoms with Gasteiger partial charge in [-0.2, -0.15) is 5.10 Å². The molecule has 0 aromatic carbocycles. The number of nitrogens with one attached hydrogen (secondary N) is 1. The summed E-state index contributed by atoms with van der Waals surface area (Å²) in [5.41, 5.74) is 0.973. The van der Waals surface area contributed by atoms with Crippen molar-refractivity contribution in [1.82, 2.24) is 15.1 Å². The molecule has 0 radical (unpaired) electrons. The van der Waals surface area contributed by atoms with Crippen LogP contribution in [0.1, 0.15) is 31.4 Å². The Morgan fingerprint density at radius 1 is 1.24 bits per heavy atom. The van der Waals surface area contributed by atoms with Crippen molar-refractivity contribution in [2.45, 2.75) is 44.7 Å². The molecule has 0 bridgehead atoms. The van der Waals surface area contributed by atoms with Crippen molar-refractivity contribution in [2.24, 2.45) is 0 Å². The molecule has 1 aromatic rings. The molecule has 0 aliphatic carbocycles. The molecule has 4 nitrogen and oxygen atoms in total. The SMILES string of the molecule is Cc1ccc(NC2CCN3CCCC3C2)nn1. The van der Waals surface area contributed by atoms with Gasteiger partial charge in [-0.3, -0.25) is 0 Å². The van der Waals surface area contributed by atoms with Crippen LogP contribution in [0.2, 0.25) is 0 Å². The van der Waals surface area contributed by atoms with E-state index in [1.807, 2.05) is 19.1 Å². The highest BCUT2D eigenvalue weighted by molar-refractivity contribution is 5.34. The third-order valence-electron chi connectivity index (χ3n) is 3.97. The van der Waals surface area contributed by atoms with E-state index in [9.17, 15) is 0 Å². The minimum Gasteiger partial charge on any atom is -0.366 e. The molecule has 2 atom stereocenters. The summed E-state index contributed by atoms with van der Waals surface area (Å²) in [5.74, 6) is 0.923. The smallest absolute Gasteiger partial charge is 0.148 e. The zero-order chi connectivity index (χ0) is 11.7. The summed E-state index contributed by atoms with van der Waals surface area (Å²) >= 11 is 0. The molecule has 1 aromatic heterocycles. The third kappa shape index (κ3) is 2.41. The summed E-state index contributed by atoms with van der Waals surface area (Å²) < 4.78 is 0. The normalized spacial score (nSPS) is 29.0. The minimum atomic E-state index is 0.575. The van der Waals surface area contributed by atoms with Gasteiger partial charge in [-0.15, -0.1) is 5.10 Å². The van der Waals surface area contributed by atoms with E-state index >= 15 is 0 Å². The van der Waals surface area contributed by atoms with Crippen LogP contribution >= 0.6 is 0 Å². The first-order valence-corrected chi connectivity index (χ1v) is 6.62. The number of aryl methyl sites for hydroxylation is 1. The molecular formula is C13H20N4. The van der Waals surface area contributed by atoms with Crippen molar-refractivity contribution < 1.29 is 0 Å². The minimum absolute atomic E-state index is 0.575. The number of nitrogens with zero attached hydrogens (tertiary/aromatic N) is 3. The highest BCUT2D eigenvalue weighted by atomic mass is 15.2. The number of hydrogen-bond donors (Lipinski definition) is 1. The maximum Gasteiger partial charge on any atom is 0.148 e. The molecule has 0 spiro atoms. The molecule has 2 aliphatic rings. The standard InChI is InChI=1S/C13H20N4/c1-10-4-5-13(16-15-10)14-11-6-8-17-7-2-3-12(17)9-11/h4-5,11-12H,2-3,6-9H2,1H3,(H,14,16). The predicted molar refractivity (Wildman–Crippen MR) is 68.0 cm³/mol. The Labute approximate surface area is 102 Å². The Morgan fingerprint density at radius 2 is 2.18 bits per heavy atom. The number of hydrogen-bond acceptors (Lipinski definition) is 4. The molecule has 2 saturated heterocycles. The fourth-order valence-corrected chi connectivity index (χ4v) is 3.04. The quantitative estimate of drug-likeness (QED) is 0.844. The number of rotatable bonds is 2. The Balaban J connectivity index is 1.60. The first-order valence-electron chi connectivity index (χ1n) is 6.62. The lowest BCUT2D eigenvalue weighted by Gasteiger charge is -2.35. The average Bonchev–Trinajstić information content (AvgIpc) is 2.79. The van der Waals surface area contributed by atoms with E-state index in [2.05, 4.69) is 20.4 Å². The lowest BCUT2D eigenvalue weighted by Crippen LogP contribution is -2.42. The maximum atomic E-state index is 4.18. The van der Waals surface area contributed by atoms with Crippen LogP contribution in [0.3, 0.4) is 0 Å². The Kier molecular flexibility index (Phi) is 2.97. The zero-order valence-corrected chi connectivity index (χ0v) is 10.4. The molecule has 2 aliphatic heterocycles. The van der Waals surface area contributed by atoms with E-state index < -0.39 is 0 Å². The van der Waals surface area contributed by atoms with E-state index in [1.165, 1.54) is 38.8 Å². The first-order chi connectivity index (χ1) is 8.31. The highest BCUT2D eigenvalue weighted by Crippen LogP contribution is 2.28. The summed E-state index contributed by atoms with van der Waals surface area (Å²) in [6.07, 6.45) is 5.24. The van der Waals surface area contributed by atoms with Gasteiger partial charge in [0.05, 0.1) is 5.69 Å². The van der Waals surface area contributed by atoms with Gasteiger partial charge in [0.1, 0.15) is 5.82 Å². The summed E-state index contributed by atoms with van der Waals surface area (Å²) in [6, 6.07) is 5.43. The molecule has 92 valence electrons. The van der Waals surface area contributed by atoms with E-state index in [4.69, 9.17) is 0 Å². The monoisotopic (exact) mass is 232 g/mol. The Morgan fingerprint density at radius 3 is 3.00 bits per heavy atom. The van der Waals surface area contributed by atoms with E-state index in [0.29, 0.717) is 6.04 Å². The van der Waals surface area contributed by atoms with Crippen LogP contribution < -0.4 is 5.32 Å². The molecular weight excluding hydrogens is 212 g/mol. The molecule has 0 amide bonds. The van der Waals surface area contributed by atoms with Crippen molar-refractivity contribution >= 4 is 5.82 Å². The number of fused-ring (bicyclic) bond motifs is 1. The largest absolute Gasteiger partial charge is 0.366 e. The Hall–Kier alpha value is -1.16. The lowest BCUT2D eigenvalue weighted by molar-refractivity contribution is 0.188. The topological polar surface area (TPSA) is 41.0 Å². The van der Waals surface area contributed by atoms with Crippen LogP contribution in [0.5, 0.6) is 0 Å². The van der Waals surface area contributed by atoms with Gasteiger partial charge in [0, 0.05) is 18.6 Å². The number of aromatic nitrogens is 2. The van der Waals surface area contributed by atoms with E-state index in [-0.39, 0.29) is 0 Å². The molecule has 1 N–H and O–H groups in total. The van der Waals surface area contributed by atoms with Gasteiger partial charge in [-0.05, 0) is 51.3 Å². The molecule has 3 heterocycles. The summed E-state index contributed by atoms with van der Waals surface area (Å²) in [4.78, 5) is 2.64. The summed E-state index contributed by atoms with van der Waals surface area (Å²) in [6.45, 7) is 4.51. The fraction of sp³-hybridized carbons (Fsp3) is 0.692. The molecule has 2 unspecified atom stereocenters. The second kappa shape index (κ2) is 4.61. The average molecular weight is 232 g/mol. The van der Waals surface area contributed by atoms with Gasteiger partial charge in [0.25, 0.3) is 0 Å². The third-order valence-corrected chi connectivity index (χ3v) is 3.97. The molecule has 17 heavy (non-hydrogen) atoms. The van der Waals surface area contributed by atoms with Crippen molar-refractivity contribution in [3.05, 3.63) is 17.8 Å². The van der Waals surface area contributed by atoms with Crippen LogP contribution in [0.25, 0.3) is 0 Å². The van der Waals surface area contributed by atoms with Gasteiger partial charge in [0.2, 0.25) is 0 Å². The van der Waals surface area contributed by atoms with Crippen LogP contribution in [0.4, 0.5) is 5.82 Å². The van der Waals surface area contributed by atoms with Gasteiger partial charge in [-0.1, -0.05) is 0 Å². The van der Waals surface area contributed by atoms with E-state index in [1.54, 1.807) is 0 Å². The summed E-state index contributed by atoms with van der Waals surface area (Å²) in [5, 5.41) is 11.8. The van der Waals surface area contributed by atoms with Crippen molar-refractivity contribution in [1.29, 1.82) is 0 Å². The second-order valence-electron chi connectivity index (χ2n) is 5.26. The second-order valence-corrected chi connectivity index (χ2v) is 5.26. The van der Waals surface area contributed by atoms with Gasteiger partial charge >= 0.3 is 0 Å². The molecule has 0 saturated carbocycles. The Bertz CT molecular complexity index is 376. The van der Waals surface area contributed by atoms with Crippen molar-refractivity contribution in [3.8, 4) is 0 Å². The number of anilines is 1. The molecule has 3 rings (SSSR count). The van der Waals surface area contributed by atoms with Gasteiger partial charge < -0.3 is 10.2 Å². The molecule has 4 heteroatoms. The van der Waals surface area contributed by atoms with Crippen LogP contribution in [0, 0.1) is 6.92 Å². The van der Waals surface area contributed by atoms with Gasteiger partial charge in [0.15, 0.2) is 0 Å². The van der Waals surface area contributed by atoms with Crippen molar-refractivity contribution in [2.75, 3.05) is 18.4 Å². The van der Waals surface area contributed by atoms with Crippen LogP contribution in [0.15, 0.2) is 12.1 Å². The van der Waals surface area contributed by atoms with Crippen molar-refractivity contribution in [3.63, 3.8) is 0 Å². The predicted octanol–water partition coefficient (Wildman–Crippen LogP) is 1.82. The lowest BCUT2D eigenvalue weighted by atomic mass is 9.97. The zero-order valence-electron chi connectivity index (χ0n) is 10.4. The highest BCUT2D eigenvalue weighted by Gasteiger charge is 2.31. The fourth-order valence-electron chi connectivity index (χ4n) is 3.04. The maximum absolute atomic E-state index is 4.18.